The molecule has 2 aliphatic rings. The molecule has 0 atom stereocenters. The molecule has 2 saturated heterocycles. The van der Waals surface area contributed by atoms with Gasteiger partial charge < -0.3 is 16.0 Å². The van der Waals surface area contributed by atoms with E-state index >= 15 is 0 Å². The molecule has 116 valence electrons. The molecular formula is C15H30N4O. The van der Waals surface area contributed by atoms with Crippen molar-refractivity contribution in [2.45, 2.75) is 57.7 Å². The number of nitrogens with zero attached hydrogens (tertiary/aromatic N) is 2. The quantitative estimate of drug-likeness (QED) is 0.747. The lowest BCUT2D eigenvalue weighted by molar-refractivity contribution is -0.125. The van der Waals surface area contributed by atoms with E-state index in [0.717, 1.165) is 39.0 Å². The third kappa shape index (κ3) is 4.43. The Morgan fingerprint density at radius 2 is 1.75 bits per heavy atom. The van der Waals surface area contributed by atoms with Crippen LogP contribution in [0.1, 0.15) is 46.0 Å². The molecule has 0 saturated carbocycles. The van der Waals surface area contributed by atoms with Gasteiger partial charge in [0.05, 0.1) is 12.2 Å². The van der Waals surface area contributed by atoms with E-state index < -0.39 is 5.66 Å². The van der Waals surface area contributed by atoms with Gasteiger partial charge >= 0.3 is 0 Å². The molecule has 0 unspecified atom stereocenters. The van der Waals surface area contributed by atoms with Gasteiger partial charge in [0.15, 0.2) is 0 Å². The molecule has 2 fully saturated rings. The molecule has 20 heavy (non-hydrogen) atoms. The topological polar surface area (TPSA) is 61.6 Å². The Morgan fingerprint density at radius 1 is 1.15 bits per heavy atom. The predicted octanol–water partition coefficient (Wildman–Crippen LogP) is 0.748. The average Bonchev–Trinajstić information content (AvgIpc) is 2.39. The van der Waals surface area contributed by atoms with Crippen molar-refractivity contribution >= 4 is 5.91 Å². The summed E-state index contributed by atoms with van der Waals surface area (Å²) in [5, 5.41) is 3.07. The molecule has 0 spiro atoms. The van der Waals surface area contributed by atoms with Crippen LogP contribution in [-0.4, -0.2) is 60.1 Å². The van der Waals surface area contributed by atoms with Gasteiger partial charge in [0, 0.05) is 19.1 Å². The summed E-state index contributed by atoms with van der Waals surface area (Å²) < 4.78 is 0. The standard InChI is InChI=1S/C15H30N4O/c1-13(2)19-10-6-15(16,7-11-19)17-14(20)12-18-8-4-3-5-9-18/h13H,3-12,16H2,1-2H3,(H,17,20). The van der Waals surface area contributed by atoms with Crippen LogP contribution in [0.25, 0.3) is 0 Å². The molecule has 0 aromatic rings. The Morgan fingerprint density at radius 3 is 2.30 bits per heavy atom. The zero-order chi connectivity index (χ0) is 14.6. The third-order valence-corrected chi connectivity index (χ3v) is 4.62. The summed E-state index contributed by atoms with van der Waals surface area (Å²) in [6.07, 6.45) is 5.41. The van der Waals surface area contributed by atoms with Crippen LogP contribution in [-0.2, 0) is 4.79 Å². The minimum Gasteiger partial charge on any atom is -0.337 e. The second-order valence-corrected chi connectivity index (χ2v) is 6.67. The maximum Gasteiger partial charge on any atom is 0.235 e. The van der Waals surface area contributed by atoms with Crippen LogP contribution in [0, 0.1) is 0 Å². The molecule has 2 heterocycles. The molecule has 2 rings (SSSR count). The highest BCUT2D eigenvalue weighted by Gasteiger charge is 2.33. The van der Waals surface area contributed by atoms with Gasteiger partial charge in [-0.05, 0) is 52.6 Å². The van der Waals surface area contributed by atoms with Gasteiger partial charge in [-0.25, -0.2) is 0 Å². The number of nitrogens with one attached hydrogen (secondary N) is 1. The van der Waals surface area contributed by atoms with Crippen molar-refractivity contribution in [1.29, 1.82) is 0 Å². The van der Waals surface area contributed by atoms with E-state index in [1.165, 1.54) is 19.3 Å². The van der Waals surface area contributed by atoms with E-state index in [4.69, 9.17) is 5.73 Å². The number of piperidine rings is 2. The van der Waals surface area contributed by atoms with Gasteiger partial charge in [-0.15, -0.1) is 0 Å². The molecule has 0 aromatic carbocycles. The largest absolute Gasteiger partial charge is 0.337 e. The highest BCUT2D eigenvalue weighted by atomic mass is 16.2. The van der Waals surface area contributed by atoms with Crippen LogP contribution in [0.15, 0.2) is 0 Å². The van der Waals surface area contributed by atoms with Crippen molar-refractivity contribution in [3.63, 3.8) is 0 Å². The highest BCUT2D eigenvalue weighted by molar-refractivity contribution is 5.78. The average molecular weight is 282 g/mol. The zero-order valence-corrected chi connectivity index (χ0v) is 13.0. The Kier molecular flexibility index (Phi) is 5.41. The predicted molar refractivity (Wildman–Crippen MR) is 81.3 cm³/mol. The van der Waals surface area contributed by atoms with Crippen LogP contribution in [0.2, 0.25) is 0 Å². The molecule has 1 amide bonds. The molecule has 0 aromatic heterocycles. The summed E-state index contributed by atoms with van der Waals surface area (Å²) in [5.41, 5.74) is 5.85. The number of likely N-dealkylation sites (tertiary alicyclic amines) is 2. The van der Waals surface area contributed by atoms with E-state index in [2.05, 4.69) is 29.0 Å². The smallest absolute Gasteiger partial charge is 0.235 e. The van der Waals surface area contributed by atoms with Gasteiger partial charge in [-0.1, -0.05) is 6.42 Å². The van der Waals surface area contributed by atoms with Gasteiger partial charge in [0.2, 0.25) is 5.91 Å². The van der Waals surface area contributed by atoms with Gasteiger partial charge in [0.1, 0.15) is 0 Å². The minimum absolute atomic E-state index is 0.0902. The first kappa shape index (κ1) is 15.7. The lowest BCUT2D eigenvalue weighted by Gasteiger charge is -2.41. The number of carbonyl (C=O) groups is 1. The van der Waals surface area contributed by atoms with Crippen molar-refractivity contribution < 1.29 is 4.79 Å². The zero-order valence-electron chi connectivity index (χ0n) is 13.0. The fourth-order valence-corrected chi connectivity index (χ4v) is 3.20. The van der Waals surface area contributed by atoms with Crippen molar-refractivity contribution in [3.05, 3.63) is 0 Å². The molecule has 5 nitrogen and oxygen atoms in total. The summed E-state index contributed by atoms with van der Waals surface area (Å²) in [6.45, 7) is 8.96. The number of rotatable bonds is 4. The Hall–Kier alpha value is -0.650. The summed E-state index contributed by atoms with van der Waals surface area (Å²) in [6, 6.07) is 0.559. The van der Waals surface area contributed by atoms with Crippen LogP contribution in [0.4, 0.5) is 0 Å². The molecule has 3 N–H and O–H groups in total. The van der Waals surface area contributed by atoms with Gasteiger partial charge in [-0.3, -0.25) is 9.69 Å². The fraction of sp³-hybridized carbons (Fsp3) is 0.933. The SMILES string of the molecule is CC(C)N1CCC(N)(NC(=O)CN2CCCCC2)CC1. The monoisotopic (exact) mass is 282 g/mol. The van der Waals surface area contributed by atoms with E-state index in [1.54, 1.807) is 0 Å². The lowest BCUT2D eigenvalue weighted by atomic mass is 9.96. The minimum atomic E-state index is -0.502. The number of carbonyl (C=O) groups excluding carboxylic acids is 1. The molecule has 0 aliphatic carbocycles. The van der Waals surface area contributed by atoms with Crippen LogP contribution < -0.4 is 11.1 Å². The Bertz CT molecular complexity index is 318. The van der Waals surface area contributed by atoms with Crippen molar-refractivity contribution in [3.8, 4) is 0 Å². The normalized spacial score (nSPS) is 24.8. The second kappa shape index (κ2) is 6.87. The molecule has 0 bridgehead atoms. The maximum atomic E-state index is 12.2. The summed E-state index contributed by atoms with van der Waals surface area (Å²) >= 11 is 0. The number of nitrogens with two attached hydrogens (primary N) is 1. The Balaban J connectivity index is 1.75. The van der Waals surface area contributed by atoms with Crippen molar-refractivity contribution in [2.75, 3.05) is 32.7 Å². The fourth-order valence-electron chi connectivity index (χ4n) is 3.20. The number of hydrogen-bond acceptors (Lipinski definition) is 4. The summed E-state index contributed by atoms with van der Waals surface area (Å²) in [5.74, 6) is 0.0902. The van der Waals surface area contributed by atoms with Crippen molar-refractivity contribution in [2.24, 2.45) is 5.73 Å². The maximum absolute atomic E-state index is 12.2. The summed E-state index contributed by atoms with van der Waals surface area (Å²) in [7, 11) is 0. The third-order valence-electron chi connectivity index (χ3n) is 4.62. The van der Waals surface area contributed by atoms with Crippen LogP contribution in [0.5, 0.6) is 0 Å². The van der Waals surface area contributed by atoms with Crippen molar-refractivity contribution in [1.82, 2.24) is 15.1 Å². The van der Waals surface area contributed by atoms with Gasteiger partial charge in [0.25, 0.3) is 0 Å². The first-order valence-electron chi connectivity index (χ1n) is 8.05. The lowest BCUT2D eigenvalue weighted by Crippen LogP contribution is -2.63. The first-order chi connectivity index (χ1) is 9.48. The number of amides is 1. The summed E-state index contributed by atoms with van der Waals surface area (Å²) in [4.78, 5) is 16.8. The Labute approximate surface area is 122 Å². The van der Waals surface area contributed by atoms with E-state index in [9.17, 15) is 4.79 Å². The second-order valence-electron chi connectivity index (χ2n) is 6.67. The van der Waals surface area contributed by atoms with Gasteiger partial charge in [-0.2, -0.15) is 0 Å². The molecule has 2 aliphatic heterocycles. The first-order valence-corrected chi connectivity index (χ1v) is 8.05. The number of hydrogen-bond donors (Lipinski definition) is 2. The molecule has 5 heteroatoms. The van der Waals surface area contributed by atoms with Crippen LogP contribution in [0.3, 0.4) is 0 Å². The van der Waals surface area contributed by atoms with E-state index in [-0.39, 0.29) is 5.91 Å². The van der Waals surface area contributed by atoms with E-state index in [0.29, 0.717) is 12.6 Å². The highest BCUT2D eigenvalue weighted by Crippen LogP contribution is 2.19. The van der Waals surface area contributed by atoms with E-state index in [1.807, 2.05) is 0 Å². The van der Waals surface area contributed by atoms with Crippen LogP contribution >= 0.6 is 0 Å². The molecular weight excluding hydrogens is 252 g/mol. The molecule has 0 radical (unpaired) electrons.